The van der Waals surface area contributed by atoms with Gasteiger partial charge in [0.15, 0.2) is 27.6 Å². The third kappa shape index (κ3) is 8.95. The van der Waals surface area contributed by atoms with Crippen molar-refractivity contribution in [2.45, 2.75) is 94.0 Å². The van der Waals surface area contributed by atoms with Crippen LogP contribution in [0.4, 0.5) is 4.79 Å². The lowest BCUT2D eigenvalue weighted by Crippen LogP contribution is -2.48. The summed E-state index contributed by atoms with van der Waals surface area (Å²) >= 11 is 0. The molecule has 258 valence electrons. The first-order chi connectivity index (χ1) is 22.4. The summed E-state index contributed by atoms with van der Waals surface area (Å²) in [5, 5.41) is 17.6. The van der Waals surface area contributed by atoms with Crippen molar-refractivity contribution in [2.24, 2.45) is 16.5 Å². The molecule has 5 unspecified atom stereocenters. The van der Waals surface area contributed by atoms with Crippen LogP contribution in [-0.4, -0.2) is 82.2 Å². The summed E-state index contributed by atoms with van der Waals surface area (Å²) in [4.78, 5) is 18.2. The Hall–Kier alpha value is -3.39. The molecule has 2 aromatic rings. The van der Waals surface area contributed by atoms with Gasteiger partial charge in [-0.05, 0) is 68.6 Å². The maximum Gasteiger partial charge on any atom is 0.407 e. The molecule has 3 aliphatic rings. The minimum Gasteiger partial charge on any atom is -0.454 e. The predicted molar refractivity (Wildman–Crippen MR) is 173 cm³/mol. The fraction of sp³-hybridized carbons (Fsp3) is 0.588. The van der Waals surface area contributed by atoms with Crippen LogP contribution < -0.4 is 14.8 Å². The van der Waals surface area contributed by atoms with Crippen molar-refractivity contribution >= 4 is 21.6 Å². The highest BCUT2D eigenvalue weighted by Crippen LogP contribution is 2.39. The first kappa shape index (κ1) is 34.9. The number of carbonyl (C=O) groups is 1. The van der Waals surface area contributed by atoms with Crippen LogP contribution in [0, 0.1) is 11.3 Å². The Morgan fingerprint density at radius 3 is 2.66 bits per heavy atom. The Kier molecular flexibility index (Phi) is 11.3. The Labute approximate surface area is 276 Å². The Balaban J connectivity index is 1.38. The number of nitrogens with zero attached hydrogens (tertiary/aromatic N) is 1. The van der Waals surface area contributed by atoms with Crippen LogP contribution in [0.25, 0.3) is 0 Å². The van der Waals surface area contributed by atoms with E-state index >= 15 is 0 Å². The molecule has 6 atom stereocenters. The summed E-state index contributed by atoms with van der Waals surface area (Å²) in [5.74, 6) is 0.782. The minimum atomic E-state index is -3.99. The SMILES string of the molecule is CON=C(C)CCC(C)(C)CC(CC(O)[C@H](Cc1ccccc1)NC(=O)OC1COC2OCCC12)S(=O)(=O)c1ccc2c(c1)OCO2. The number of oxime groups is 1. The van der Waals surface area contributed by atoms with Crippen molar-refractivity contribution in [1.29, 1.82) is 0 Å². The molecule has 12 nitrogen and oxygen atoms in total. The maximum atomic E-state index is 14.3. The van der Waals surface area contributed by atoms with Crippen molar-refractivity contribution in [1.82, 2.24) is 5.32 Å². The van der Waals surface area contributed by atoms with Crippen molar-refractivity contribution in [3.63, 3.8) is 0 Å². The Morgan fingerprint density at radius 1 is 1.13 bits per heavy atom. The smallest absolute Gasteiger partial charge is 0.407 e. The third-order valence-corrected chi connectivity index (χ3v) is 11.3. The second-order valence-corrected chi connectivity index (χ2v) is 15.5. The summed E-state index contributed by atoms with van der Waals surface area (Å²) < 4.78 is 56.5. The highest BCUT2D eigenvalue weighted by atomic mass is 32.2. The first-order valence-electron chi connectivity index (χ1n) is 16.1. The summed E-state index contributed by atoms with van der Waals surface area (Å²) in [6.45, 7) is 6.65. The molecule has 2 saturated heterocycles. The molecule has 0 spiro atoms. The van der Waals surface area contributed by atoms with Crippen LogP contribution in [0.5, 0.6) is 11.5 Å². The van der Waals surface area contributed by atoms with Gasteiger partial charge in [0.2, 0.25) is 6.79 Å². The van der Waals surface area contributed by atoms with Gasteiger partial charge in [0.1, 0.15) is 13.2 Å². The normalized spacial score (nSPS) is 22.7. The lowest BCUT2D eigenvalue weighted by Gasteiger charge is -2.33. The molecule has 2 aromatic carbocycles. The van der Waals surface area contributed by atoms with Crippen molar-refractivity contribution in [3.05, 3.63) is 54.1 Å². The lowest BCUT2D eigenvalue weighted by atomic mass is 9.81. The van der Waals surface area contributed by atoms with Crippen LogP contribution in [0.2, 0.25) is 0 Å². The van der Waals surface area contributed by atoms with Gasteiger partial charge in [0, 0.05) is 6.07 Å². The lowest BCUT2D eigenvalue weighted by molar-refractivity contribution is -0.0907. The van der Waals surface area contributed by atoms with Gasteiger partial charge >= 0.3 is 6.09 Å². The molecule has 47 heavy (non-hydrogen) atoms. The third-order valence-electron chi connectivity index (χ3n) is 9.12. The van der Waals surface area contributed by atoms with E-state index in [9.17, 15) is 18.3 Å². The molecule has 1 amide bonds. The number of hydrogen-bond acceptors (Lipinski definition) is 11. The summed E-state index contributed by atoms with van der Waals surface area (Å²) in [7, 11) is -2.50. The molecule has 0 bridgehead atoms. The fourth-order valence-electron chi connectivity index (χ4n) is 6.46. The molecule has 0 aliphatic carbocycles. The number of aliphatic hydroxyl groups is 1. The van der Waals surface area contributed by atoms with Gasteiger partial charge < -0.3 is 38.9 Å². The van der Waals surface area contributed by atoms with Crippen LogP contribution in [-0.2, 0) is 35.3 Å². The molecule has 5 rings (SSSR count). The number of sulfone groups is 1. The number of aliphatic hydroxyl groups excluding tert-OH is 1. The minimum absolute atomic E-state index is 0.0146. The van der Waals surface area contributed by atoms with Gasteiger partial charge in [0.05, 0.1) is 47.1 Å². The average molecular weight is 675 g/mol. The highest BCUT2D eigenvalue weighted by molar-refractivity contribution is 7.92. The monoisotopic (exact) mass is 674 g/mol. The molecular formula is C34H46N2O10S. The van der Waals surface area contributed by atoms with E-state index in [4.69, 9.17) is 28.5 Å². The molecule has 0 radical (unpaired) electrons. The number of ether oxygens (including phenoxy) is 5. The molecule has 13 heteroatoms. The number of fused-ring (bicyclic) bond motifs is 2. The molecule has 0 aromatic heterocycles. The van der Waals surface area contributed by atoms with Crippen LogP contribution in [0.3, 0.4) is 0 Å². The van der Waals surface area contributed by atoms with Crippen molar-refractivity contribution < 1.29 is 46.8 Å². The van der Waals surface area contributed by atoms with Gasteiger partial charge in [-0.3, -0.25) is 0 Å². The van der Waals surface area contributed by atoms with E-state index in [-0.39, 0.29) is 49.8 Å². The topological polar surface area (TPSA) is 151 Å². The zero-order valence-corrected chi connectivity index (χ0v) is 28.2. The Bertz CT molecular complexity index is 1500. The van der Waals surface area contributed by atoms with Crippen LogP contribution >= 0.6 is 0 Å². The van der Waals surface area contributed by atoms with Gasteiger partial charge in [0.25, 0.3) is 0 Å². The largest absolute Gasteiger partial charge is 0.454 e. The summed E-state index contributed by atoms with van der Waals surface area (Å²) in [5.41, 5.74) is 1.21. The number of alkyl carbamates (subject to hydrolysis) is 1. The number of amides is 1. The van der Waals surface area contributed by atoms with Crippen LogP contribution in [0.1, 0.15) is 58.4 Å². The van der Waals surface area contributed by atoms with E-state index in [1.165, 1.54) is 19.2 Å². The van der Waals surface area contributed by atoms with E-state index in [2.05, 4.69) is 10.5 Å². The quantitative estimate of drug-likeness (QED) is 0.202. The van der Waals surface area contributed by atoms with Crippen molar-refractivity contribution in [3.8, 4) is 11.5 Å². The van der Waals surface area contributed by atoms with Gasteiger partial charge in [-0.15, -0.1) is 0 Å². The Morgan fingerprint density at radius 2 is 1.89 bits per heavy atom. The molecule has 0 saturated carbocycles. The second-order valence-electron chi connectivity index (χ2n) is 13.3. The van der Waals surface area contributed by atoms with E-state index in [0.29, 0.717) is 30.9 Å². The van der Waals surface area contributed by atoms with Gasteiger partial charge in [-0.2, -0.15) is 0 Å². The van der Waals surface area contributed by atoms with E-state index in [1.807, 2.05) is 51.1 Å². The molecular weight excluding hydrogens is 628 g/mol. The van der Waals surface area contributed by atoms with E-state index in [0.717, 1.165) is 17.7 Å². The summed E-state index contributed by atoms with van der Waals surface area (Å²) in [6.07, 6.45) is -0.424. The molecule has 2 fully saturated rings. The average Bonchev–Trinajstić information content (AvgIpc) is 3.79. The zero-order chi connectivity index (χ0) is 33.6. The molecule has 3 aliphatic heterocycles. The number of nitrogens with one attached hydrogen (secondary N) is 1. The number of hydrogen-bond donors (Lipinski definition) is 2. The number of carbonyl (C=O) groups excluding carboxylic acids is 1. The highest BCUT2D eigenvalue weighted by Gasteiger charge is 2.44. The van der Waals surface area contributed by atoms with E-state index in [1.54, 1.807) is 6.07 Å². The second kappa shape index (κ2) is 15.2. The molecule has 3 heterocycles. The fourth-order valence-corrected chi connectivity index (χ4v) is 8.50. The van der Waals surface area contributed by atoms with Crippen molar-refractivity contribution in [2.75, 3.05) is 27.1 Å². The maximum absolute atomic E-state index is 14.3. The van der Waals surface area contributed by atoms with Gasteiger partial charge in [-0.1, -0.05) is 49.3 Å². The standard InChI is InChI=1S/C34H46N2O10S/c1-22(36-41-4)12-14-34(2,3)19-25(47(39,40)24-10-11-29-30(18-24)45-21-44-29)17-28(37)27(16-23-8-6-5-7-9-23)35-33(38)46-31-20-43-32-26(31)13-15-42-32/h5-11,18,25-28,31-32,37H,12-17,19-21H2,1-4H3,(H,35,38)/t25?,26?,27-,28?,31?,32?/m0/s1. The van der Waals surface area contributed by atoms with E-state index < -0.39 is 44.8 Å². The van der Waals surface area contributed by atoms with Gasteiger partial charge in [-0.25, -0.2) is 13.2 Å². The number of benzene rings is 2. The molecule has 2 N–H and O–H groups in total. The zero-order valence-electron chi connectivity index (χ0n) is 27.4. The van der Waals surface area contributed by atoms with Crippen LogP contribution in [0.15, 0.2) is 58.6 Å². The predicted octanol–water partition coefficient (Wildman–Crippen LogP) is 4.63. The summed E-state index contributed by atoms with van der Waals surface area (Å²) in [6, 6.07) is 13.1. The number of rotatable bonds is 15. The first-order valence-corrected chi connectivity index (χ1v) is 17.6.